The normalized spacial score (nSPS) is 10.2. The number of nitrogens with one attached hydrogen (secondary N) is 2. The van der Waals surface area contributed by atoms with Crippen molar-refractivity contribution in [1.29, 1.82) is 0 Å². The number of rotatable bonds is 4. The summed E-state index contributed by atoms with van der Waals surface area (Å²) in [6.07, 6.45) is 5.66. The Hall–Kier alpha value is -3.49. The van der Waals surface area contributed by atoms with Crippen LogP contribution >= 0.6 is 0 Å². The van der Waals surface area contributed by atoms with E-state index in [2.05, 4.69) is 30.7 Å². The van der Waals surface area contributed by atoms with Crippen LogP contribution in [0, 0.1) is 6.92 Å². The SMILES string of the molecule is Cc1ccc(Nc2cncnc2)c(OC(=O)Nc2ccn(C)n2)n1. The number of carbonyl (C=O) groups is 1. The van der Waals surface area contributed by atoms with Crippen molar-refractivity contribution >= 4 is 23.3 Å². The van der Waals surface area contributed by atoms with Gasteiger partial charge in [-0.2, -0.15) is 5.10 Å². The van der Waals surface area contributed by atoms with Gasteiger partial charge in [0, 0.05) is 25.0 Å². The van der Waals surface area contributed by atoms with Gasteiger partial charge in [-0.1, -0.05) is 0 Å². The van der Waals surface area contributed by atoms with Crippen LogP contribution in [0.2, 0.25) is 0 Å². The standard InChI is InChI=1S/C15H15N7O2/c1-10-3-4-12(19-11-7-16-9-17-8-11)14(18-10)24-15(23)20-13-5-6-22(2)21-13/h3-9,19H,1-2H3,(H,20,21,23). The minimum Gasteiger partial charge on any atom is -0.389 e. The van der Waals surface area contributed by atoms with Crippen molar-refractivity contribution in [3.05, 3.63) is 48.8 Å². The summed E-state index contributed by atoms with van der Waals surface area (Å²) >= 11 is 0. The van der Waals surface area contributed by atoms with Crippen LogP contribution in [0.15, 0.2) is 43.1 Å². The van der Waals surface area contributed by atoms with E-state index in [1.54, 1.807) is 55.4 Å². The maximum absolute atomic E-state index is 12.0. The molecule has 0 aliphatic rings. The maximum atomic E-state index is 12.0. The van der Waals surface area contributed by atoms with E-state index in [4.69, 9.17) is 4.74 Å². The molecule has 2 N–H and O–H groups in total. The molecule has 122 valence electrons. The summed E-state index contributed by atoms with van der Waals surface area (Å²) in [7, 11) is 1.75. The minimum atomic E-state index is -0.681. The van der Waals surface area contributed by atoms with E-state index in [0.717, 1.165) is 0 Å². The lowest BCUT2D eigenvalue weighted by molar-refractivity contribution is 0.213. The van der Waals surface area contributed by atoms with Gasteiger partial charge < -0.3 is 10.1 Å². The second-order valence-corrected chi connectivity index (χ2v) is 4.95. The fraction of sp³-hybridized carbons (Fsp3) is 0.133. The number of anilines is 3. The Labute approximate surface area is 137 Å². The monoisotopic (exact) mass is 325 g/mol. The van der Waals surface area contributed by atoms with Crippen LogP contribution in [0.25, 0.3) is 0 Å². The van der Waals surface area contributed by atoms with Crippen molar-refractivity contribution in [3.8, 4) is 5.88 Å². The van der Waals surface area contributed by atoms with Crippen LogP contribution in [0.1, 0.15) is 5.69 Å². The molecule has 0 spiro atoms. The summed E-state index contributed by atoms with van der Waals surface area (Å²) in [5.74, 6) is 0.536. The Balaban J connectivity index is 1.76. The minimum absolute atomic E-state index is 0.146. The fourth-order valence-corrected chi connectivity index (χ4v) is 1.92. The van der Waals surface area contributed by atoms with Crippen LogP contribution in [0.4, 0.5) is 22.0 Å². The van der Waals surface area contributed by atoms with E-state index in [9.17, 15) is 4.79 Å². The van der Waals surface area contributed by atoms with E-state index in [-0.39, 0.29) is 5.88 Å². The van der Waals surface area contributed by atoms with Crippen LogP contribution in [-0.4, -0.2) is 30.8 Å². The number of aromatic nitrogens is 5. The van der Waals surface area contributed by atoms with Gasteiger partial charge >= 0.3 is 6.09 Å². The Bertz CT molecular complexity index is 848. The van der Waals surface area contributed by atoms with Gasteiger partial charge in [-0.25, -0.2) is 19.7 Å². The van der Waals surface area contributed by atoms with E-state index in [0.29, 0.717) is 22.9 Å². The molecule has 3 heterocycles. The number of hydrogen-bond acceptors (Lipinski definition) is 7. The molecule has 0 bridgehead atoms. The van der Waals surface area contributed by atoms with Crippen molar-refractivity contribution in [2.45, 2.75) is 6.92 Å². The quantitative estimate of drug-likeness (QED) is 0.757. The average Bonchev–Trinajstić information content (AvgIpc) is 2.96. The fourth-order valence-electron chi connectivity index (χ4n) is 1.92. The molecule has 0 atom stereocenters. The first kappa shape index (κ1) is 15.4. The molecule has 9 nitrogen and oxygen atoms in total. The Morgan fingerprint density at radius 3 is 2.71 bits per heavy atom. The first-order valence-electron chi connectivity index (χ1n) is 7.08. The second kappa shape index (κ2) is 6.73. The molecule has 0 aromatic carbocycles. The molecule has 0 saturated heterocycles. The zero-order chi connectivity index (χ0) is 16.9. The van der Waals surface area contributed by atoms with Crippen molar-refractivity contribution in [3.63, 3.8) is 0 Å². The highest BCUT2D eigenvalue weighted by atomic mass is 16.6. The van der Waals surface area contributed by atoms with Crippen LogP contribution in [0.3, 0.4) is 0 Å². The molecule has 1 amide bonds. The highest BCUT2D eigenvalue weighted by molar-refractivity contribution is 5.85. The summed E-state index contributed by atoms with van der Waals surface area (Å²) in [5, 5.41) is 9.65. The van der Waals surface area contributed by atoms with Gasteiger partial charge in [-0.3, -0.25) is 10.00 Å². The highest BCUT2D eigenvalue weighted by Crippen LogP contribution is 2.25. The number of carbonyl (C=O) groups excluding carboxylic acids is 1. The third kappa shape index (κ3) is 3.83. The highest BCUT2D eigenvalue weighted by Gasteiger charge is 2.13. The van der Waals surface area contributed by atoms with Gasteiger partial charge in [-0.15, -0.1) is 0 Å². The number of pyridine rings is 1. The molecule has 3 aromatic rings. The van der Waals surface area contributed by atoms with Gasteiger partial charge in [0.05, 0.1) is 18.1 Å². The van der Waals surface area contributed by atoms with Crippen molar-refractivity contribution < 1.29 is 9.53 Å². The average molecular weight is 325 g/mol. The van der Waals surface area contributed by atoms with Crippen molar-refractivity contribution in [1.82, 2.24) is 24.7 Å². The number of nitrogens with zero attached hydrogens (tertiary/aromatic N) is 5. The Morgan fingerprint density at radius 1 is 1.21 bits per heavy atom. The molecule has 0 fully saturated rings. The number of amides is 1. The molecule has 0 aliphatic heterocycles. The Kier molecular flexibility index (Phi) is 4.32. The molecule has 0 unspecified atom stereocenters. The zero-order valence-electron chi connectivity index (χ0n) is 13.1. The molecular weight excluding hydrogens is 310 g/mol. The first-order chi connectivity index (χ1) is 11.6. The van der Waals surface area contributed by atoms with Crippen LogP contribution < -0.4 is 15.4 Å². The molecular formula is C15H15N7O2. The lowest BCUT2D eigenvalue weighted by atomic mass is 10.3. The molecule has 9 heteroatoms. The van der Waals surface area contributed by atoms with Crippen molar-refractivity contribution in [2.75, 3.05) is 10.6 Å². The van der Waals surface area contributed by atoms with E-state index < -0.39 is 6.09 Å². The molecule has 0 saturated carbocycles. The largest absolute Gasteiger partial charge is 0.419 e. The first-order valence-corrected chi connectivity index (χ1v) is 7.08. The molecule has 0 radical (unpaired) electrons. The number of ether oxygens (including phenoxy) is 1. The van der Waals surface area contributed by atoms with Gasteiger partial charge in [0.2, 0.25) is 5.88 Å². The van der Waals surface area contributed by atoms with Gasteiger partial charge in [0.25, 0.3) is 0 Å². The Morgan fingerprint density at radius 2 is 2.00 bits per heavy atom. The lowest BCUT2D eigenvalue weighted by Gasteiger charge is -2.11. The summed E-state index contributed by atoms with van der Waals surface area (Å²) in [6.45, 7) is 1.80. The predicted octanol–water partition coefficient (Wildman–Crippen LogP) is 2.27. The predicted molar refractivity (Wildman–Crippen MR) is 87.1 cm³/mol. The summed E-state index contributed by atoms with van der Waals surface area (Å²) in [5.41, 5.74) is 1.88. The molecule has 0 aliphatic carbocycles. The van der Waals surface area contributed by atoms with E-state index in [1.165, 1.54) is 6.33 Å². The lowest BCUT2D eigenvalue weighted by Crippen LogP contribution is -2.18. The smallest absolute Gasteiger partial charge is 0.389 e. The number of hydrogen-bond donors (Lipinski definition) is 2. The molecule has 3 aromatic heterocycles. The van der Waals surface area contributed by atoms with Crippen LogP contribution in [0.5, 0.6) is 5.88 Å². The second-order valence-electron chi connectivity index (χ2n) is 4.95. The van der Waals surface area contributed by atoms with Gasteiger partial charge in [0.15, 0.2) is 5.82 Å². The van der Waals surface area contributed by atoms with Crippen LogP contribution in [-0.2, 0) is 7.05 Å². The molecule has 3 rings (SSSR count). The van der Waals surface area contributed by atoms with E-state index >= 15 is 0 Å². The van der Waals surface area contributed by atoms with E-state index in [1.807, 2.05) is 0 Å². The summed E-state index contributed by atoms with van der Waals surface area (Å²) < 4.78 is 6.87. The topological polar surface area (TPSA) is 107 Å². The maximum Gasteiger partial charge on any atom is 0.419 e. The summed E-state index contributed by atoms with van der Waals surface area (Å²) in [6, 6.07) is 5.22. The van der Waals surface area contributed by atoms with Gasteiger partial charge in [0.1, 0.15) is 12.0 Å². The van der Waals surface area contributed by atoms with Gasteiger partial charge in [-0.05, 0) is 19.1 Å². The van der Waals surface area contributed by atoms with Crippen molar-refractivity contribution in [2.24, 2.45) is 7.05 Å². The summed E-state index contributed by atoms with van der Waals surface area (Å²) in [4.78, 5) is 24.1. The zero-order valence-corrected chi connectivity index (χ0v) is 13.1. The third-order valence-corrected chi connectivity index (χ3v) is 2.97. The molecule has 24 heavy (non-hydrogen) atoms. The number of aryl methyl sites for hydroxylation is 2. The third-order valence-electron chi connectivity index (χ3n) is 2.97.